The minimum Gasteiger partial charge on any atom is -0.338 e. The van der Waals surface area contributed by atoms with E-state index in [1.54, 1.807) is 6.07 Å². The molecule has 1 fully saturated rings. The molecular weight excluding hydrogens is 397 g/mol. The van der Waals surface area contributed by atoms with Crippen LogP contribution in [0.1, 0.15) is 32.4 Å². The number of halogens is 1. The van der Waals surface area contributed by atoms with Crippen LogP contribution in [0.25, 0.3) is 0 Å². The quantitative estimate of drug-likeness (QED) is 0.708. The Morgan fingerprint density at radius 2 is 1.84 bits per heavy atom. The Morgan fingerprint density at radius 1 is 1.03 bits per heavy atom. The van der Waals surface area contributed by atoms with Gasteiger partial charge in [-0.05, 0) is 49.1 Å². The first-order valence-electron chi connectivity index (χ1n) is 10.3. The van der Waals surface area contributed by atoms with Crippen molar-refractivity contribution in [3.63, 3.8) is 0 Å². The molecule has 2 aliphatic rings. The highest BCUT2D eigenvalue weighted by atomic mass is 19.1. The molecule has 3 aromatic rings. The summed E-state index contributed by atoms with van der Waals surface area (Å²) in [6, 6.07) is 13.4. The summed E-state index contributed by atoms with van der Waals surface area (Å²) in [5, 5.41) is 11.0. The van der Waals surface area contributed by atoms with Crippen LogP contribution in [0.4, 0.5) is 10.1 Å². The number of benzene rings is 2. The van der Waals surface area contributed by atoms with Gasteiger partial charge in [0.2, 0.25) is 5.82 Å². The number of aryl methyl sites for hydroxylation is 1. The van der Waals surface area contributed by atoms with E-state index < -0.39 is 11.7 Å². The zero-order valence-electron chi connectivity index (χ0n) is 17.1. The fraction of sp³-hybridized carbons (Fsp3) is 0.304. The lowest BCUT2D eigenvalue weighted by Crippen LogP contribution is -2.31. The van der Waals surface area contributed by atoms with Crippen molar-refractivity contribution < 1.29 is 14.0 Å². The lowest BCUT2D eigenvalue weighted by molar-refractivity contribution is 0.0783. The molecule has 2 aromatic carbocycles. The Bertz CT molecular complexity index is 1170. The van der Waals surface area contributed by atoms with Gasteiger partial charge in [0.05, 0.1) is 0 Å². The first-order valence-corrected chi connectivity index (χ1v) is 10.3. The second-order valence-corrected chi connectivity index (χ2v) is 8.32. The smallest absolute Gasteiger partial charge is 0.293 e. The maximum absolute atomic E-state index is 13.4. The van der Waals surface area contributed by atoms with Gasteiger partial charge in [-0.1, -0.05) is 23.8 Å². The molecule has 0 saturated carbocycles. The molecule has 2 atom stereocenters. The topological polar surface area (TPSA) is 80.1 Å². The van der Waals surface area contributed by atoms with E-state index in [1.807, 2.05) is 40.7 Å². The molecule has 3 heterocycles. The third-order valence-electron chi connectivity index (χ3n) is 6.10. The monoisotopic (exact) mass is 419 g/mol. The predicted octanol–water partition coefficient (Wildman–Crippen LogP) is 2.92. The molecule has 0 radical (unpaired) electrons. The minimum absolute atomic E-state index is 0.0398. The lowest BCUT2D eigenvalue weighted by Gasteiger charge is -2.25. The van der Waals surface area contributed by atoms with Gasteiger partial charge < -0.3 is 14.8 Å². The molecule has 8 heteroatoms. The molecular formula is C23H22FN5O2. The van der Waals surface area contributed by atoms with Crippen LogP contribution in [0.3, 0.4) is 0 Å². The highest BCUT2D eigenvalue weighted by molar-refractivity contribution is 6.01. The number of aromatic nitrogens is 3. The summed E-state index contributed by atoms with van der Waals surface area (Å²) in [5.74, 6) is 0.680. The zero-order valence-corrected chi connectivity index (χ0v) is 17.1. The van der Waals surface area contributed by atoms with Crippen molar-refractivity contribution in [3.05, 3.63) is 77.1 Å². The highest BCUT2D eigenvalue weighted by Crippen LogP contribution is 2.33. The Hall–Kier alpha value is -3.55. The van der Waals surface area contributed by atoms with Crippen molar-refractivity contribution in [2.45, 2.75) is 19.9 Å². The number of hydrogen-bond acceptors (Lipinski definition) is 4. The van der Waals surface area contributed by atoms with Crippen molar-refractivity contribution in [3.8, 4) is 0 Å². The van der Waals surface area contributed by atoms with Gasteiger partial charge in [0, 0.05) is 37.3 Å². The van der Waals surface area contributed by atoms with E-state index in [0.717, 1.165) is 11.4 Å². The van der Waals surface area contributed by atoms with Gasteiger partial charge in [-0.2, -0.15) is 0 Å². The number of anilines is 1. The summed E-state index contributed by atoms with van der Waals surface area (Å²) in [6.07, 6.45) is 0.669. The van der Waals surface area contributed by atoms with Gasteiger partial charge in [-0.25, -0.2) is 4.39 Å². The van der Waals surface area contributed by atoms with Crippen molar-refractivity contribution in [2.75, 3.05) is 18.4 Å². The maximum Gasteiger partial charge on any atom is 0.293 e. The van der Waals surface area contributed by atoms with Gasteiger partial charge in [0.1, 0.15) is 11.6 Å². The van der Waals surface area contributed by atoms with Crippen LogP contribution in [0.2, 0.25) is 0 Å². The number of carbonyl (C=O) groups is 2. The highest BCUT2D eigenvalue weighted by Gasteiger charge is 2.40. The number of likely N-dealkylation sites (tertiary alicyclic amines) is 1. The fourth-order valence-corrected chi connectivity index (χ4v) is 4.57. The van der Waals surface area contributed by atoms with Crippen LogP contribution in [-0.4, -0.2) is 44.6 Å². The largest absolute Gasteiger partial charge is 0.338 e. The van der Waals surface area contributed by atoms with Crippen LogP contribution in [-0.2, 0) is 13.0 Å². The zero-order chi connectivity index (χ0) is 21.5. The molecule has 5 rings (SSSR count). The van der Waals surface area contributed by atoms with E-state index >= 15 is 0 Å². The number of amides is 2. The standard InChI is InChI=1S/C23H22FN5O2/c1-14-4-2-5-15(8-14)23(31)28-11-16-9-20-26-27-21(29(20)13-17(16)12-28)22(30)25-19-7-3-6-18(24)10-19/h2-8,10,16-17H,9,11-13H2,1H3,(H,25,30)/t16-,17+/m0/s1. The Balaban J connectivity index is 1.31. The first kappa shape index (κ1) is 19.4. The number of nitrogens with zero attached hydrogens (tertiary/aromatic N) is 4. The van der Waals surface area contributed by atoms with E-state index in [1.165, 1.54) is 18.2 Å². The number of rotatable bonds is 3. The van der Waals surface area contributed by atoms with Gasteiger partial charge in [-0.3, -0.25) is 9.59 Å². The molecule has 1 saturated heterocycles. The molecule has 31 heavy (non-hydrogen) atoms. The third-order valence-corrected chi connectivity index (χ3v) is 6.10. The summed E-state index contributed by atoms with van der Waals surface area (Å²) in [7, 11) is 0. The summed E-state index contributed by atoms with van der Waals surface area (Å²) < 4.78 is 15.2. The normalized spacial score (nSPS) is 19.6. The molecule has 0 spiro atoms. The van der Waals surface area contributed by atoms with Crippen LogP contribution >= 0.6 is 0 Å². The molecule has 158 valence electrons. The van der Waals surface area contributed by atoms with Crippen LogP contribution in [0.5, 0.6) is 0 Å². The van der Waals surface area contributed by atoms with Crippen LogP contribution in [0.15, 0.2) is 48.5 Å². The second-order valence-electron chi connectivity index (χ2n) is 8.32. The van der Waals surface area contributed by atoms with Crippen LogP contribution < -0.4 is 5.32 Å². The van der Waals surface area contributed by atoms with E-state index in [0.29, 0.717) is 43.2 Å². The number of carbonyl (C=O) groups excluding carboxylic acids is 2. The lowest BCUT2D eigenvalue weighted by atomic mass is 9.89. The van der Waals surface area contributed by atoms with Gasteiger partial charge in [0.15, 0.2) is 0 Å². The first-order chi connectivity index (χ1) is 15.0. The molecule has 0 unspecified atom stereocenters. The van der Waals surface area contributed by atoms with Crippen molar-refractivity contribution in [2.24, 2.45) is 11.8 Å². The Morgan fingerprint density at radius 3 is 2.65 bits per heavy atom. The van der Waals surface area contributed by atoms with Gasteiger partial charge in [-0.15, -0.1) is 10.2 Å². The predicted molar refractivity (Wildman–Crippen MR) is 112 cm³/mol. The maximum atomic E-state index is 13.4. The average Bonchev–Trinajstić information content (AvgIpc) is 3.34. The molecule has 7 nitrogen and oxygen atoms in total. The SMILES string of the molecule is Cc1cccc(C(=O)N2C[C@@H]3Cn4c(nnc4C(=O)Nc4cccc(F)c4)C[C@H]3C2)c1. The van der Waals surface area contributed by atoms with E-state index in [4.69, 9.17) is 0 Å². The molecule has 2 aliphatic heterocycles. The fourth-order valence-electron chi connectivity index (χ4n) is 4.57. The number of nitrogens with one attached hydrogen (secondary N) is 1. The summed E-state index contributed by atoms with van der Waals surface area (Å²) in [5.41, 5.74) is 2.13. The molecule has 0 aliphatic carbocycles. The Kier molecular flexibility index (Phi) is 4.77. The summed E-state index contributed by atoms with van der Waals surface area (Å²) in [4.78, 5) is 27.6. The minimum atomic E-state index is -0.423. The van der Waals surface area contributed by atoms with E-state index in [-0.39, 0.29) is 17.6 Å². The van der Waals surface area contributed by atoms with Crippen LogP contribution in [0, 0.1) is 24.6 Å². The van der Waals surface area contributed by atoms with Crippen molar-refractivity contribution in [1.29, 1.82) is 0 Å². The van der Waals surface area contributed by atoms with Gasteiger partial charge >= 0.3 is 0 Å². The average molecular weight is 419 g/mol. The molecule has 2 amide bonds. The second kappa shape index (κ2) is 7.61. The summed E-state index contributed by atoms with van der Waals surface area (Å²) in [6.45, 7) is 3.87. The van der Waals surface area contributed by atoms with Crippen molar-refractivity contribution in [1.82, 2.24) is 19.7 Å². The third kappa shape index (κ3) is 3.69. The molecule has 0 bridgehead atoms. The van der Waals surface area contributed by atoms with Crippen molar-refractivity contribution >= 4 is 17.5 Å². The van der Waals surface area contributed by atoms with Gasteiger partial charge in [0.25, 0.3) is 11.8 Å². The number of fused-ring (bicyclic) bond motifs is 2. The van der Waals surface area contributed by atoms with E-state index in [2.05, 4.69) is 15.5 Å². The molecule has 1 N–H and O–H groups in total. The van der Waals surface area contributed by atoms with E-state index in [9.17, 15) is 14.0 Å². The summed E-state index contributed by atoms with van der Waals surface area (Å²) >= 11 is 0. The molecule has 1 aromatic heterocycles. The Labute approximate surface area is 178 Å². The number of hydrogen-bond donors (Lipinski definition) is 1.